The second kappa shape index (κ2) is 6.49. The van der Waals surface area contributed by atoms with Gasteiger partial charge in [0.15, 0.2) is 5.65 Å². The van der Waals surface area contributed by atoms with Crippen LogP contribution in [-0.2, 0) is 4.74 Å². The molecular weight excluding hydrogens is 304 g/mol. The number of hydrogen-bond acceptors (Lipinski definition) is 5. The summed E-state index contributed by atoms with van der Waals surface area (Å²) in [6.45, 7) is 1.61. The highest BCUT2D eigenvalue weighted by atomic mass is 16.5. The fourth-order valence-corrected chi connectivity index (χ4v) is 2.98. The van der Waals surface area contributed by atoms with Gasteiger partial charge in [0.05, 0.1) is 19.0 Å². The van der Waals surface area contributed by atoms with Crippen LogP contribution in [0.25, 0.3) is 16.9 Å². The first-order chi connectivity index (χ1) is 11.8. The Labute approximate surface area is 140 Å². The van der Waals surface area contributed by atoms with E-state index in [2.05, 4.69) is 10.3 Å². The quantitative estimate of drug-likeness (QED) is 0.799. The minimum absolute atomic E-state index is 0.410. The molecule has 0 amide bonds. The van der Waals surface area contributed by atoms with Crippen molar-refractivity contribution in [3.8, 4) is 17.0 Å². The van der Waals surface area contributed by atoms with E-state index in [9.17, 15) is 0 Å². The van der Waals surface area contributed by atoms with E-state index in [1.165, 1.54) is 0 Å². The summed E-state index contributed by atoms with van der Waals surface area (Å²) in [6, 6.07) is 12.3. The van der Waals surface area contributed by atoms with Crippen molar-refractivity contribution in [1.82, 2.24) is 14.6 Å². The molecular formula is C18H20N4O2. The molecule has 0 aliphatic carbocycles. The summed E-state index contributed by atoms with van der Waals surface area (Å²) in [7, 11) is 1.67. The van der Waals surface area contributed by atoms with Crippen LogP contribution in [-0.4, -0.2) is 41.0 Å². The minimum Gasteiger partial charge on any atom is -0.497 e. The van der Waals surface area contributed by atoms with Crippen molar-refractivity contribution in [3.63, 3.8) is 0 Å². The van der Waals surface area contributed by atoms with Crippen LogP contribution < -0.4 is 10.1 Å². The van der Waals surface area contributed by atoms with Gasteiger partial charge in [0.25, 0.3) is 0 Å². The SMILES string of the molecule is COc1cccc(-c2cnc3ccc(NC4CCOCC4)nn23)c1. The third-order valence-corrected chi connectivity index (χ3v) is 4.30. The van der Waals surface area contributed by atoms with E-state index in [0.29, 0.717) is 6.04 Å². The molecule has 1 aliphatic rings. The molecule has 6 heteroatoms. The van der Waals surface area contributed by atoms with Crippen molar-refractivity contribution in [3.05, 3.63) is 42.6 Å². The number of nitrogens with zero attached hydrogens (tertiary/aromatic N) is 3. The summed E-state index contributed by atoms with van der Waals surface area (Å²) < 4.78 is 12.6. The average Bonchev–Trinajstić information content (AvgIpc) is 3.06. The van der Waals surface area contributed by atoms with E-state index < -0.39 is 0 Å². The first-order valence-corrected chi connectivity index (χ1v) is 8.17. The molecule has 2 aromatic heterocycles. The number of fused-ring (bicyclic) bond motifs is 1. The number of methoxy groups -OCH3 is 1. The Kier molecular flexibility index (Phi) is 4.04. The lowest BCUT2D eigenvalue weighted by Crippen LogP contribution is -2.28. The van der Waals surface area contributed by atoms with E-state index in [4.69, 9.17) is 14.6 Å². The van der Waals surface area contributed by atoms with Crippen molar-refractivity contribution in [2.45, 2.75) is 18.9 Å². The third kappa shape index (κ3) is 2.92. The normalized spacial score (nSPS) is 15.5. The van der Waals surface area contributed by atoms with Crippen LogP contribution in [0.4, 0.5) is 5.82 Å². The monoisotopic (exact) mass is 324 g/mol. The standard InChI is InChI=1S/C18H20N4O2/c1-23-15-4-2-3-13(11-15)16-12-19-18-6-5-17(21-22(16)18)20-14-7-9-24-10-8-14/h2-6,11-12,14H,7-10H2,1H3,(H,20,21). The van der Waals surface area contributed by atoms with Crippen molar-refractivity contribution in [2.24, 2.45) is 0 Å². The zero-order valence-electron chi connectivity index (χ0n) is 13.6. The van der Waals surface area contributed by atoms with Crippen molar-refractivity contribution in [2.75, 3.05) is 25.6 Å². The molecule has 0 spiro atoms. The molecule has 1 N–H and O–H groups in total. The number of aromatic nitrogens is 3. The highest BCUT2D eigenvalue weighted by Gasteiger charge is 2.15. The van der Waals surface area contributed by atoms with Gasteiger partial charge in [-0.1, -0.05) is 12.1 Å². The predicted molar refractivity (Wildman–Crippen MR) is 92.4 cm³/mol. The number of anilines is 1. The largest absolute Gasteiger partial charge is 0.497 e. The van der Waals surface area contributed by atoms with Gasteiger partial charge in [-0.15, -0.1) is 5.10 Å². The van der Waals surface area contributed by atoms with Gasteiger partial charge in [-0.25, -0.2) is 9.50 Å². The van der Waals surface area contributed by atoms with Crippen molar-refractivity contribution >= 4 is 11.5 Å². The summed E-state index contributed by atoms with van der Waals surface area (Å²) in [5.74, 6) is 1.68. The minimum atomic E-state index is 0.410. The second-order valence-corrected chi connectivity index (χ2v) is 5.89. The first kappa shape index (κ1) is 15.0. The number of hydrogen-bond donors (Lipinski definition) is 1. The maximum Gasteiger partial charge on any atom is 0.154 e. The summed E-state index contributed by atoms with van der Waals surface area (Å²) >= 11 is 0. The molecule has 3 aromatic rings. The molecule has 0 bridgehead atoms. The van der Waals surface area contributed by atoms with Gasteiger partial charge in [0, 0.05) is 24.8 Å². The molecule has 1 fully saturated rings. The number of benzene rings is 1. The lowest BCUT2D eigenvalue weighted by Gasteiger charge is -2.23. The number of nitrogens with one attached hydrogen (secondary N) is 1. The molecule has 0 atom stereocenters. The first-order valence-electron chi connectivity index (χ1n) is 8.17. The van der Waals surface area contributed by atoms with E-state index in [1.807, 2.05) is 47.1 Å². The Morgan fingerprint density at radius 2 is 2.08 bits per heavy atom. The third-order valence-electron chi connectivity index (χ3n) is 4.30. The molecule has 6 nitrogen and oxygen atoms in total. The van der Waals surface area contributed by atoms with Gasteiger partial charge in [0.2, 0.25) is 0 Å². The smallest absolute Gasteiger partial charge is 0.154 e. The molecule has 4 rings (SSSR count). The Hall–Kier alpha value is -2.60. The lowest BCUT2D eigenvalue weighted by atomic mass is 10.1. The molecule has 0 radical (unpaired) electrons. The Morgan fingerprint density at radius 3 is 2.92 bits per heavy atom. The zero-order valence-corrected chi connectivity index (χ0v) is 13.6. The summed E-state index contributed by atoms with van der Waals surface area (Å²) in [4.78, 5) is 4.45. The topological polar surface area (TPSA) is 60.7 Å². The zero-order chi connectivity index (χ0) is 16.4. The van der Waals surface area contributed by atoms with Crippen molar-refractivity contribution < 1.29 is 9.47 Å². The summed E-state index contributed by atoms with van der Waals surface area (Å²) in [5, 5.41) is 8.22. The maximum atomic E-state index is 5.41. The number of imidazole rings is 1. The van der Waals surface area contributed by atoms with Crippen LogP contribution in [0.2, 0.25) is 0 Å². The van der Waals surface area contributed by atoms with E-state index in [1.54, 1.807) is 7.11 Å². The molecule has 0 saturated carbocycles. The van der Waals surface area contributed by atoms with Crippen LogP contribution in [0, 0.1) is 0 Å². The highest BCUT2D eigenvalue weighted by Crippen LogP contribution is 2.25. The van der Waals surface area contributed by atoms with Gasteiger partial charge in [0.1, 0.15) is 11.6 Å². The van der Waals surface area contributed by atoms with Crippen LogP contribution in [0.1, 0.15) is 12.8 Å². The van der Waals surface area contributed by atoms with Crippen molar-refractivity contribution in [1.29, 1.82) is 0 Å². The molecule has 1 aromatic carbocycles. The maximum absolute atomic E-state index is 5.41. The van der Waals surface area contributed by atoms with E-state index in [0.717, 1.165) is 54.5 Å². The fraction of sp³-hybridized carbons (Fsp3) is 0.333. The molecule has 124 valence electrons. The molecule has 1 aliphatic heterocycles. The Bertz CT molecular complexity index is 840. The summed E-state index contributed by atoms with van der Waals surface area (Å²) in [6.07, 6.45) is 3.86. The van der Waals surface area contributed by atoms with Gasteiger partial charge in [-0.05, 0) is 37.1 Å². The fourth-order valence-electron chi connectivity index (χ4n) is 2.98. The second-order valence-electron chi connectivity index (χ2n) is 5.89. The Morgan fingerprint density at radius 1 is 1.21 bits per heavy atom. The average molecular weight is 324 g/mol. The molecule has 3 heterocycles. The number of ether oxygens (including phenoxy) is 2. The van der Waals surface area contributed by atoms with Crippen LogP contribution in [0.15, 0.2) is 42.6 Å². The highest BCUT2D eigenvalue weighted by molar-refractivity contribution is 5.65. The van der Waals surface area contributed by atoms with E-state index >= 15 is 0 Å². The van der Waals surface area contributed by atoms with Gasteiger partial charge in [-0.3, -0.25) is 0 Å². The van der Waals surface area contributed by atoms with Gasteiger partial charge >= 0.3 is 0 Å². The van der Waals surface area contributed by atoms with Crippen LogP contribution in [0.3, 0.4) is 0 Å². The van der Waals surface area contributed by atoms with Crippen LogP contribution >= 0.6 is 0 Å². The molecule has 0 unspecified atom stereocenters. The Balaban J connectivity index is 1.67. The molecule has 1 saturated heterocycles. The number of rotatable bonds is 4. The van der Waals surface area contributed by atoms with Gasteiger partial charge in [-0.2, -0.15) is 0 Å². The van der Waals surface area contributed by atoms with Gasteiger partial charge < -0.3 is 14.8 Å². The lowest BCUT2D eigenvalue weighted by molar-refractivity contribution is 0.0903. The van der Waals surface area contributed by atoms with E-state index in [-0.39, 0.29) is 0 Å². The predicted octanol–water partition coefficient (Wildman–Crippen LogP) is 3.00. The molecule has 24 heavy (non-hydrogen) atoms. The van der Waals surface area contributed by atoms with Crippen LogP contribution in [0.5, 0.6) is 5.75 Å². The summed E-state index contributed by atoms with van der Waals surface area (Å²) in [5.41, 5.74) is 2.79.